The third kappa shape index (κ3) is 2.75. The van der Waals surface area contributed by atoms with Crippen molar-refractivity contribution >= 4 is 12.0 Å². The molecule has 2 aliphatic rings. The van der Waals surface area contributed by atoms with Gasteiger partial charge in [0.05, 0.1) is 18.1 Å². The number of hydrogen-bond donors (Lipinski definition) is 2. The van der Waals surface area contributed by atoms with E-state index in [-0.39, 0.29) is 18.7 Å². The van der Waals surface area contributed by atoms with Crippen molar-refractivity contribution in [1.82, 2.24) is 10.2 Å². The highest BCUT2D eigenvalue weighted by atomic mass is 16.5. The summed E-state index contributed by atoms with van der Waals surface area (Å²) < 4.78 is 5.49. The standard InChI is InChI=1S/C12H20N2O4/c1-2-9-7-14(5-6-18-9)11(17)13-8-12(3-4-12)10(15)16/h9H,2-8H2,1H3,(H,13,17)(H,15,16). The maximum atomic E-state index is 11.9. The van der Waals surface area contributed by atoms with Crippen LogP contribution in [0.1, 0.15) is 26.2 Å². The average Bonchev–Trinajstić information content (AvgIpc) is 3.17. The van der Waals surface area contributed by atoms with Crippen LogP contribution >= 0.6 is 0 Å². The van der Waals surface area contributed by atoms with E-state index in [9.17, 15) is 9.59 Å². The zero-order chi connectivity index (χ0) is 13.2. The van der Waals surface area contributed by atoms with Gasteiger partial charge in [-0.3, -0.25) is 4.79 Å². The number of morpholine rings is 1. The molecule has 0 aromatic heterocycles. The van der Waals surface area contributed by atoms with Crippen molar-refractivity contribution in [3.05, 3.63) is 0 Å². The number of carbonyl (C=O) groups excluding carboxylic acids is 1. The number of urea groups is 1. The summed E-state index contributed by atoms with van der Waals surface area (Å²) in [4.78, 5) is 24.6. The van der Waals surface area contributed by atoms with Gasteiger partial charge in [0.25, 0.3) is 0 Å². The molecule has 2 amide bonds. The molecular weight excluding hydrogens is 236 g/mol. The Labute approximate surface area is 106 Å². The van der Waals surface area contributed by atoms with E-state index in [1.54, 1.807) is 4.90 Å². The summed E-state index contributed by atoms with van der Waals surface area (Å²) in [5.41, 5.74) is -0.702. The van der Waals surface area contributed by atoms with Gasteiger partial charge >= 0.3 is 12.0 Å². The molecule has 18 heavy (non-hydrogen) atoms. The molecule has 1 aliphatic carbocycles. The fraction of sp³-hybridized carbons (Fsp3) is 0.833. The van der Waals surface area contributed by atoms with Crippen molar-refractivity contribution in [3.8, 4) is 0 Å². The smallest absolute Gasteiger partial charge is 0.317 e. The van der Waals surface area contributed by atoms with Gasteiger partial charge in [-0.15, -0.1) is 0 Å². The summed E-state index contributed by atoms with van der Waals surface area (Å²) >= 11 is 0. The molecule has 2 rings (SSSR count). The van der Waals surface area contributed by atoms with Gasteiger partial charge < -0.3 is 20.1 Å². The Morgan fingerprint density at radius 1 is 1.50 bits per heavy atom. The number of nitrogens with zero attached hydrogens (tertiary/aromatic N) is 1. The number of nitrogens with one attached hydrogen (secondary N) is 1. The molecule has 2 N–H and O–H groups in total. The molecule has 6 nitrogen and oxygen atoms in total. The van der Waals surface area contributed by atoms with Crippen molar-refractivity contribution in [3.63, 3.8) is 0 Å². The van der Waals surface area contributed by atoms with Crippen LogP contribution in [-0.2, 0) is 9.53 Å². The Morgan fingerprint density at radius 2 is 2.22 bits per heavy atom. The second-order valence-corrected chi connectivity index (χ2v) is 5.09. The maximum absolute atomic E-state index is 11.9. The highest BCUT2D eigenvalue weighted by Gasteiger charge is 2.50. The summed E-state index contributed by atoms with van der Waals surface area (Å²) in [7, 11) is 0. The third-order valence-electron chi connectivity index (χ3n) is 3.77. The largest absolute Gasteiger partial charge is 0.481 e. The lowest BCUT2D eigenvalue weighted by atomic mass is 10.1. The van der Waals surface area contributed by atoms with Crippen molar-refractivity contribution < 1.29 is 19.4 Å². The van der Waals surface area contributed by atoms with Crippen molar-refractivity contribution in [2.24, 2.45) is 5.41 Å². The van der Waals surface area contributed by atoms with Gasteiger partial charge in [0, 0.05) is 19.6 Å². The minimum absolute atomic E-state index is 0.0962. The van der Waals surface area contributed by atoms with Crippen LogP contribution in [0.5, 0.6) is 0 Å². The molecule has 1 heterocycles. The molecule has 1 saturated heterocycles. The molecule has 102 valence electrons. The fourth-order valence-corrected chi connectivity index (χ4v) is 2.12. The number of amides is 2. The van der Waals surface area contributed by atoms with Crippen LogP contribution < -0.4 is 5.32 Å². The number of carboxylic acids is 1. The van der Waals surface area contributed by atoms with Gasteiger partial charge in [0.2, 0.25) is 0 Å². The first-order chi connectivity index (χ1) is 8.57. The van der Waals surface area contributed by atoms with Crippen LogP contribution in [-0.4, -0.2) is 54.4 Å². The van der Waals surface area contributed by atoms with Crippen molar-refractivity contribution in [2.75, 3.05) is 26.2 Å². The Bertz CT molecular complexity index is 341. The summed E-state index contributed by atoms with van der Waals surface area (Å²) in [6, 6.07) is -0.177. The Hall–Kier alpha value is -1.30. The minimum atomic E-state index is -0.809. The number of carbonyl (C=O) groups is 2. The van der Waals surface area contributed by atoms with Crippen LogP contribution in [0.25, 0.3) is 0 Å². The fourth-order valence-electron chi connectivity index (χ4n) is 2.12. The van der Waals surface area contributed by atoms with Gasteiger partial charge in [-0.1, -0.05) is 6.92 Å². The first-order valence-electron chi connectivity index (χ1n) is 6.45. The molecule has 0 radical (unpaired) electrons. The molecule has 1 saturated carbocycles. The first-order valence-corrected chi connectivity index (χ1v) is 6.45. The molecule has 0 aromatic carbocycles. The molecule has 2 fully saturated rings. The van der Waals surface area contributed by atoms with E-state index >= 15 is 0 Å². The summed E-state index contributed by atoms with van der Waals surface area (Å²) in [5, 5.41) is 11.8. The topological polar surface area (TPSA) is 78.9 Å². The monoisotopic (exact) mass is 256 g/mol. The maximum Gasteiger partial charge on any atom is 0.317 e. The molecule has 6 heteroatoms. The van der Waals surface area contributed by atoms with E-state index in [1.165, 1.54) is 0 Å². The lowest BCUT2D eigenvalue weighted by molar-refractivity contribution is -0.143. The van der Waals surface area contributed by atoms with Gasteiger partial charge in [0.15, 0.2) is 0 Å². The molecule has 0 aromatic rings. The zero-order valence-electron chi connectivity index (χ0n) is 10.6. The highest BCUT2D eigenvalue weighted by Crippen LogP contribution is 2.45. The van der Waals surface area contributed by atoms with Crippen LogP contribution in [0.4, 0.5) is 4.79 Å². The first kappa shape index (κ1) is 13.1. The summed E-state index contributed by atoms with van der Waals surface area (Å²) in [5.74, 6) is -0.809. The van der Waals surface area contributed by atoms with E-state index in [4.69, 9.17) is 9.84 Å². The third-order valence-corrected chi connectivity index (χ3v) is 3.77. The molecule has 1 unspecified atom stereocenters. The number of ether oxygens (including phenoxy) is 1. The predicted molar refractivity (Wildman–Crippen MR) is 64.3 cm³/mol. The molecule has 0 bridgehead atoms. The molecule has 1 aliphatic heterocycles. The van der Waals surface area contributed by atoms with Gasteiger partial charge in [0.1, 0.15) is 0 Å². The average molecular weight is 256 g/mol. The second kappa shape index (κ2) is 5.14. The Morgan fingerprint density at radius 3 is 2.78 bits per heavy atom. The quantitative estimate of drug-likeness (QED) is 0.775. The van der Waals surface area contributed by atoms with E-state index in [1.807, 2.05) is 6.92 Å². The van der Waals surface area contributed by atoms with E-state index in [2.05, 4.69) is 5.32 Å². The SMILES string of the molecule is CCC1CN(C(=O)NCC2(C(=O)O)CC2)CCO1. The second-order valence-electron chi connectivity index (χ2n) is 5.09. The summed E-state index contributed by atoms with van der Waals surface area (Å²) in [6.07, 6.45) is 2.29. The van der Waals surface area contributed by atoms with Gasteiger partial charge in [-0.2, -0.15) is 0 Å². The minimum Gasteiger partial charge on any atom is -0.481 e. The Balaban J connectivity index is 1.79. The molecule has 1 atom stereocenters. The highest BCUT2D eigenvalue weighted by molar-refractivity contribution is 5.80. The van der Waals surface area contributed by atoms with Crippen molar-refractivity contribution in [2.45, 2.75) is 32.3 Å². The zero-order valence-corrected chi connectivity index (χ0v) is 10.6. The van der Waals surface area contributed by atoms with Gasteiger partial charge in [-0.05, 0) is 19.3 Å². The van der Waals surface area contributed by atoms with E-state index < -0.39 is 11.4 Å². The van der Waals surface area contributed by atoms with E-state index in [0.717, 1.165) is 6.42 Å². The normalized spacial score (nSPS) is 25.6. The van der Waals surface area contributed by atoms with Crippen LogP contribution in [0, 0.1) is 5.41 Å². The lowest BCUT2D eigenvalue weighted by Crippen LogP contribution is -2.50. The number of hydrogen-bond acceptors (Lipinski definition) is 3. The lowest BCUT2D eigenvalue weighted by Gasteiger charge is -2.32. The predicted octanol–water partition coefficient (Wildman–Crippen LogP) is 0.672. The number of aliphatic carboxylic acids is 1. The molecular formula is C12H20N2O4. The Kier molecular flexibility index (Phi) is 3.75. The van der Waals surface area contributed by atoms with Crippen LogP contribution in [0.3, 0.4) is 0 Å². The van der Waals surface area contributed by atoms with Gasteiger partial charge in [-0.25, -0.2) is 4.79 Å². The van der Waals surface area contributed by atoms with Crippen LogP contribution in [0.2, 0.25) is 0 Å². The van der Waals surface area contributed by atoms with Crippen molar-refractivity contribution in [1.29, 1.82) is 0 Å². The molecule has 0 spiro atoms. The van der Waals surface area contributed by atoms with E-state index in [0.29, 0.717) is 32.5 Å². The van der Waals surface area contributed by atoms with Crippen LogP contribution in [0.15, 0.2) is 0 Å². The summed E-state index contributed by atoms with van der Waals surface area (Å²) in [6.45, 7) is 3.96. The number of carboxylic acid groups (broad SMARTS) is 1. The number of rotatable bonds is 4.